The van der Waals surface area contributed by atoms with E-state index >= 15 is 0 Å². The zero-order valence-electron chi connectivity index (χ0n) is 14.6. The van der Waals surface area contributed by atoms with Crippen LogP contribution in [0.4, 0.5) is 17.1 Å². The number of anilines is 2. The molecule has 1 amide bonds. The number of fused-ring (bicyclic) bond motifs is 1. The first-order valence-electron chi connectivity index (χ1n) is 7.95. The number of nitrogens with one attached hydrogen (secondary N) is 3. The first kappa shape index (κ1) is 18.4. The van der Waals surface area contributed by atoms with Gasteiger partial charge in [-0.3, -0.25) is 20.0 Å². The monoisotopic (exact) mass is 378 g/mol. The summed E-state index contributed by atoms with van der Waals surface area (Å²) in [5.41, 5.74) is 1.30. The lowest BCUT2D eigenvalue weighted by atomic mass is 10.2. The minimum Gasteiger partial charge on any atom is -0.494 e. The van der Waals surface area contributed by atoms with Gasteiger partial charge in [-0.15, -0.1) is 0 Å². The molecule has 1 aromatic heterocycles. The molecule has 0 unspecified atom stereocenters. The fourth-order valence-corrected chi connectivity index (χ4v) is 2.42. The number of hydrogen-bond donors (Lipinski definition) is 3. The summed E-state index contributed by atoms with van der Waals surface area (Å²) in [5.74, 6) is -0.581. The van der Waals surface area contributed by atoms with Gasteiger partial charge in [0.2, 0.25) is 0 Å². The van der Waals surface area contributed by atoms with Gasteiger partial charge in [0.25, 0.3) is 11.6 Å². The number of nitrogens with zero attached hydrogens (tertiary/aromatic N) is 3. The van der Waals surface area contributed by atoms with Crippen LogP contribution in [0.5, 0.6) is 5.75 Å². The number of nitriles is 1. The number of amides is 1. The third-order valence-corrected chi connectivity index (χ3v) is 3.83. The number of ether oxygens (including phenoxy) is 1. The third kappa shape index (κ3) is 3.88. The van der Waals surface area contributed by atoms with E-state index in [0.29, 0.717) is 5.69 Å². The summed E-state index contributed by atoms with van der Waals surface area (Å²) in [6.07, 6.45) is 2.95. The minimum atomic E-state index is -0.690. The average molecular weight is 378 g/mol. The van der Waals surface area contributed by atoms with Crippen molar-refractivity contribution in [2.75, 3.05) is 17.7 Å². The molecule has 1 heterocycles. The van der Waals surface area contributed by atoms with Crippen LogP contribution in [0.2, 0.25) is 0 Å². The van der Waals surface area contributed by atoms with Crippen LogP contribution < -0.4 is 15.4 Å². The van der Waals surface area contributed by atoms with Crippen molar-refractivity contribution in [3.8, 4) is 11.8 Å². The Morgan fingerprint density at radius 2 is 2.18 bits per heavy atom. The minimum absolute atomic E-state index is 0.109. The summed E-state index contributed by atoms with van der Waals surface area (Å²) in [5, 5.41) is 33.2. The summed E-state index contributed by atoms with van der Waals surface area (Å²) in [6.45, 7) is 0. The van der Waals surface area contributed by atoms with Gasteiger partial charge in [0.05, 0.1) is 35.5 Å². The van der Waals surface area contributed by atoms with E-state index in [9.17, 15) is 20.2 Å². The predicted octanol–water partition coefficient (Wildman–Crippen LogP) is 2.94. The Labute approximate surface area is 158 Å². The number of carbonyl (C=O) groups excluding carboxylic acids is 1. The molecular weight excluding hydrogens is 364 g/mol. The molecule has 0 fully saturated rings. The zero-order valence-corrected chi connectivity index (χ0v) is 14.6. The number of methoxy groups -OCH3 is 1. The Morgan fingerprint density at radius 1 is 1.36 bits per heavy atom. The van der Waals surface area contributed by atoms with Gasteiger partial charge in [-0.25, -0.2) is 0 Å². The van der Waals surface area contributed by atoms with Crippen molar-refractivity contribution in [2.45, 2.75) is 0 Å². The smallest absolute Gasteiger partial charge is 0.273 e. The van der Waals surface area contributed by atoms with Gasteiger partial charge in [0.1, 0.15) is 17.4 Å². The summed E-state index contributed by atoms with van der Waals surface area (Å²) >= 11 is 0. The first-order valence-corrected chi connectivity index (χ1v) is 7.95. The van der Waals surface area contributed by atoms with Crippen molar-refractivity contribution in [2.24, 2.45) is 0 Å². The Kier molecular flexibility index (Phi) is 5.18. The quantitative estimate of drug-likeness (QED) is 0.259. The van der Waals surface area contributed by atoms with Crippen LogP contribution in [0.1, 0.15) is 0 Å². The lowest BCUT2D eigenvalue weighted by Crippen LogP contribution is -2.15. The molecule has 140 valence electrons. The van der Waals surface area contributed by atoms with Crippen LogP contribution in [0.25, 0.3) is 10.9 Å². The number of non-ortho nitro benzene ring substituents is 1. The van der Waals surface area contributed by atoms with Crippen molar-refractivity contribution >= 4 is 33.9 Å². The van der Waals surface area contributed by atoms with Crippen LogP contribution in [0.15, 0.2) is 54.4 Å². The Bertz CT molecular complexity index is 1130. The first-order chi connectivity index (χ1) is 13.5. The number of aromatic amines is 1. The number of carbonyl (C=O) groups is 1. The van der Waals surface area contributed by atoms with E-state index in [-0.39, 0.29) is 22.7 Å². The van der Waals surface area contributed by atoms with Crippen molar-refractivity contribution in [3.63, 3.8) is 0 Å². The average Bonchev–Trinajstić information content (AvgIpc) is 3.16. The number of H-pyrrole nitrogens is 1. The van der Waals surface area contributed by atoms with Gasteiger partial charge in [0, 0.05) is 23.3 Å². The van der Waals surface area contributed by atoms with Gasteiger partial charge < -0.3 is 15.4 Å². The highest BCUT2D eigenvalue weighted by atomic mass is 16.6. The van der Waals surface area contributed by atoms with Crippen molar-refractivity contribution in [3.05, 3.63) is 64.5 Å². The van der Waals surface area contributed by atoms with E-state index in [1.54, 1.807) is 18.3 Å². The fraction of sp³-hybridized carbons (Fsp3) is 0.0556. The second kappa shape index (κ2) is 7.88. The molecule has 0 bridgehead atoms. The predicted molar refractivity (Wildman–Crippen MR) is 102 cm³/mol. The molecule has 28 heavy (non-hydrogen) atoms. The summed E-state index contributed by atoms with van der Waals surface area (Å²) in [6, 6.07) is 11.0. The Morgan fingerprint density at radius 3 is 2.89 bits per heavy atom. The Hall–Kier alpha value is -4.39. The lowest BCUT2D eigenvalue weighted by Gasteiger charge is -2.09. The van der Waals surface area contributed by atoms with Crippen molar-refractivity contribution in [1.29, 1.82) is 5.26 Å². The number of rotatable bonds is 6. The molecule has 0 saturated heterocycles. The number of benzene rings is 2. The molecule has 3 aromatic rings. The fourth-order valence-electron chi connectivity index (χ4n) is 2.42. The number of nitro groups is 1. The normalized spacial score (nSPS) is 10.9. The van der Waals surface area contributed by atoms with Crippen LogP contribution in [0, 0.1) is 21.4 Å². The van der Waals surface area contributed by atoms with Gasteiger partial charge in [-0.1, -0.05) is 0 Å². The van der Waals surface area contributed by atoms with E-state index in [4.69, 9.17) is 4.74 Å². The highest BCUT2D eigenvalue weighted by Gasteiger charge is 2.15. The molecule has 0 aliphatic heterocycles. The van der Waals surface area contributed by atoms with Gasteiger partial charge in [0.15, 0.2) is 0 Å². The summed E-state index contributed by atoms with van der Waals surface area (Å²) < 4.78 is 5.07. The SMILES string of the molecule is COc1cc([N+](=O)[O-])ccc1NC(=O)/C(C#N)=C\Nc1ccc2cn[nH]c2c1. The maximum Gasteiger partial charge on any atom is 0.273 e. The topological polar surface area (TPSA) is 146 Å². The van der Waals surface area contributed by atoms with E-state index < -0.39 is 10.8 Å². The molecule has 0 atom stereocenters. The number of nitro benzene ring substituents is 1. The van der Waals surface area contributed by atoms with E-state index in [1.165, 1.54) is 31.5 Å². The van der Waals surface area contributed by atoms with E-state index in [1.807, 2.05) is 12.1 Å². The summed E-state index contributed by atoms with van der Waals surface area (Å²) in [4.78, 5) is 22.6. The largest absolute Gasteiger partial charge is 0.494 e. The van der Waals surface area contributed by atoms with Crippen LogP contribution in [-0.4, -0.2) is 28.1 Å². The van der Waals surface area contributed by atoms with Gasteiger partial charge in [-0.05, 0) is 24.3 Å². The molecule has 0 aliphatic carbocycles. The molecular formula is C18H14N6O4. The Balaban J connectivity index is 1.77. The van der Waals surface area contributed by atoms with Gasteiger partial charge in [-0.2, -0.15) is 10.4 Å². The molecule has 10 heteroatoms. The molecule has 0 radical (unpaired) electrons. The maximum atomic E-state index is 12.4. The molecule has 3 N–H and O–H groups in total. The zero-order chi connectivity index (χ0) is 20.1. The molecule has 0 aliphatic rings. The lowest BCUT2D eigenvalue weighted by molar-refractivity contribution is -0.384. The second-order valence-electron chi connectivity index (χ2n) is 5.58. The van der Waals surface area contributed by atoms with Crippen LogP contribution in [0.3, 0.4) is 0 Å². The van der Waals surface area contributed by atoms with Gasteiger partial charge >= 0.3 is 0 Å². The molecule has 2 aromatic carbocycles. The van der Waals surface area contributed by atoms with Crippen LogP contribution in [-0.2, 0) is 4.79 Å². The third-order valence-electron chi connectivity index (χ3n) is 3.83. The maximum absolute atomic E-state index is 12.4. The number of hydrogen-bond acceptors (Lipinski definition) is 7. The second-order valence-corrected chi connectivity index (χ2v) is 5.58. The molecule has 0 saturated carbocycles. The number of aromatic nitrogens is 2. The van der Waals surface area contributed by atoms with E-state index in [2.05, 4.69) is 20.8 Å². The van der Waals surface area contributed by atoms with E-state index in [0.717, 1.165) is 10.9 Å². The molecule has 3 rings (SSSR count). The summed E-state index contributed by atoms with van der Waals surface area (Å²) in [7, 11) is 1.32. The highest BCUT2D eigenvalue weighted by Crippen LogP contribution is 2.29. The van der Waals surface area contributed by atoms with Crippen molar-refractivity contribution < 1.29 is 14.5 Å². The van der Waals surface area contributed by atoms with Crippen LogP contribution >= 0.6 is 0 Å². The highest BCUT2D eigenvalue weighted by molar-refractivity contribution is 6.07. The molecule has 0 spiro atoms. The molecule has 10 nitrogen and oxygen atoms in total. The standard InChI is InChI=1S/C18H14N6O4/c1-28-17-7-14(24(26)27)4-5-15(17)22-18(25)12(8-19)9-20-13-3-2-11-10-21-23-16(11)6-13/h2-7,9-10,20H,1H3,(H,21,23)(H,22,25)/b12-9-. The van der Waals surface area contributed by atoms with Crippen molar-refractivity contribution in [1.82, 2.24) is 10.2 Å².